The van der Waals surface area contributed by atoms with Crippen molar-refractivity contribution < 1.29 is 19.6 Å². The lowest BCUT2D eigenvalue weighted by molar-refractivity contribution is -0.386. The van der Waals surface area contributed by atoms with Gasteiger partial charge in [-0.3, -0.25) is 14.9 Å². The molecule has 0 spiro atoms. The van der Waals surface area contributed by atoms with Crippen LogP contribution in [-0.4, -0.2) is 29.6 Å². The van der Waals surface area contributed by atoms with Crippen molar-refractivity contribution in [3.63, 3.8) is 0 Å². The van der Waals surface area contributed by atoms with E-state index in [0.717, 1.165) is 11.6 Å². The number of hydrogen-bond donors (Lipinski definition) is 2. The lowest BCUT2D eigenvalue weighted by Crippen LogP contribution is -2.26. The van der Waals surface area contributed by atoms with Crippen molar-refractivity contribution >= 4 is 17.7 Å². The molecule has 0 saturated heterocycles. The van der Waals surface area contributed by atoms with Gasteiger partial charge in [0.1, 0.15) is 11.6 Å². The highest BCUT2D eigenvalue weighted by atomic mass is 16.6. The number of rotatable bonds is 7. The van der Waals surface area contributed by atoms with Crippen LogP contribution in [-0.2, 0) is 11.2 Å². The van der Waals surface area contributed by atoms with Crippen LogP contribution in [0, 0.1) is 21.4 Å². The van der Waals surface area contributed by atoms with Crippen LogP contribution < -0.4 is 10.1 Å². The third kappa shape index (κ3) is 5.06. The van der Waals surface area contributed by atoms with E-state index in [0.29, 0.717) is 13.0 Å². The number of hydrogen-bond acceptors (Lipinski definition) is 6. The number of benzene rings is 2. The first-order chi connectivity index (χ1) is 13.0. The highest BCUT2D eigenvalue weighted by Gasteiger charge is 2.20. The number of carbonyl (C=O) groups is 1. The van der Waals surface area contributed by atoms with Gasteiger partial charge in [-0.25, -0.2) is 0 Å². The Morgan fingerprint density at radius 1 is 1.37 bits per heavy atom. The third-order valence-electron chi connectivity index (χ3n) is 3.71. The largest absolute Gasteiger partial charge is 0.500 e. The van der Waals surface area contributed by atoms with E-state index >= 15 is 0 Å². The molecule has 0 fully saturated rings. The van der Waals surface area contributed by atoms with E-state index in [1.54, 1.807) is 6.07 Å². The Kier molecular flexibility index (Phi) is 6.49. The molecule has 2 rings (SSSR count). The van der Waals surface area contributed by atoms with E-state index in [4.69, 9.17) is 4.74 Å². The molecule has 138 valence electrons. The second kappa shape index (κ2) is 9.01. The summed E-state index contributed by atoms with van der Waals surface area (Å²) in [6.45, 7) is 0.334. The first kappa shape index (κ1) is 19.5. The van der Waals surface area contributed by atoms with Crippen molar-refractivity contribution in [3.05, 3.63) is 69.3 Å². The summed E-state index contributed by atoms with van der Waals surface area (Å²) in [6.07, 6.45) is 1.80. The fourth-order valence-corrected chi connectivity index (χ4v) is 2.37. The first-order valence-electron chi connectivity index (χ1n) is 7.95. The number of nitrogens with zero attached hydrogens (tertiary/aromatic N) is 2. The zero-order valence-electron chi connectivity index (χ0n) is 14.5. The lowest BCUT2D eigenvalue weighted by Gasteiger charge is -2.07. The molecule has 2 N–H and O–H groups in total. The van der Waals surface area contributed by atoms with Crippen molar-refractivity contribution in [3.8, 4) is 17.6 Å². The van der Waals surface area contributed by atoms with Crippen LogP contribution in [0.5, 0.6) is 11.5 Å². The number of nitrogens with one attached hydrogen (secondary N) is 1. The van der Waals surface area contributed by atoms with Gasteiger partial charge in [-0.05, 0) is 29.7 Å². The fourth-order valence-electron chi connectivity index (χ4n) is 2.37. The number of nitro groups is 1. The highest BCUT2D eigenvalue weighted by Crippen LogP contribution is 2.37. The molecular weight excluding hydrogens is 350 g/mol. The van der Waals surface area contributed by atoms with Crippen LogP contribution in [0.15, 0.2) is 48.0 Å². The van der Waals surface area contributed by atoms with Gasteiger partial charge in [0.15, 0.2) is 5.75 Å². The van der Waals surface area contributed by atoms with Gasteiger partial charge in [-0.15, -0.1) is 0 Å². The molecule has 0 saturated carbocycles. The van der Waals surface area contributed by atoms with Gasteiger partial charge in [0, 0.05) is 12.6 Å². The number of amides is 1. The molecule has 0 radical (unpaired) electrons. The molecule has 0 unspecified atom stereocenters. The molecule has 1 amide bonds. The number of aromatic hydroxyl groups is 1. The zero-order valence-corrected chi connectivity index (χ0v) is 14.5. The minimum absolute atomic E-state index is 0.128. The minimum Gasteiger partial charge on any atom is -0.500 e. The molecule has 27 heavy (non-hydrogen) atoms. The number of carbonyl (C=O) groups excluding carboxylic acids is 1. The van der Waals surface area contributed by atoms with Crippen molar-refractivity contribution in [1.82, 2.24) is 5.32 Å². The SMILES string of the molecule is COc1cc(/C=C(\C#N)C(=O)NCCc2ccccc2)cc([N+](=O)[O-])c1O. The maximum atomic E-state index is 12.2. The van der Waals surface area contributed by atoms with E-state index in [1.165, 1.54) is 19.3 Å². The van der Waals surface area contributed by atoms with Gasteiger partial charge < -0.3 is 15.2 Å². The van der Waals surface area contributed by atoms with E-state index in [-0.39, 0.29) is 16.9 Å². The Bertz CT molecular complexity index is 917. The molecule has 0 bridgehead atoms. The second-order valence-corrected chi connectivity index (χ2v) is 5.51. The summed E-state index contributed by atoms with van der Waals surface area (Å²) in [5, 5.41) is 32.7. The van der Waals surface area contributed by atoms with Crippen molar-refractivity contribution in [2.24, 2.45) is 0 Å². The molecule has 2 aromatic rings. The summed E-state index contributed by atoms with van der Waals surface area (Å²) in [5.74, 6) is -1.34. The summed E-state index contributed by atoms with van der Waals surface area (Å²) in [5.41, 5.74) is 0.428. The number of phenols is 1. The molecular formula is C19H17N3O5. The predicted octanol–water partition coefficient (Wildman–Crippen LogP) is 2.57. The minimum atomic E-state index is -0.777. The number of nitro benzene ring substituents is 1. The maximum absolute atomic E-state index is 12.2. The summed E-state index contributed by atoms with van der Waals surface area (Å²) in [4.78, 5) is 22.4. The molecule has 0 aromatic heterocycles. The monoisotopic (exact) mass is 367 g/mol. The van der Waals surface area contributed by atoms with Crippen LogP contribution in [0.25, 0.3) is 6.08 Å². The van der Waals surface area contributed by atoms with Crippen molar-refractivity contribution in [2.45, 2.75) is 6.42 Å². The van der Waals surface area contributed by atoms with Gasteiger partial charge in [0.25, 0.3) is 5.91 Å². The second-order valence-electron chi connectivity index (χ2n) is 5.51. The van der Waals surface area contributed by atoms with E-state index in [2.05, 4.69) is 5.32 Å². The Morgan fingerprint density at radius 2 is 2.07 bits per heavy atom. The van der Waals surface area contributed by atoms with Gasteiger partial charge in [0.05, 0.1) is 12.0 Å². The van der Waals surface area contributed by atoms with Crippen molar-refractivity contribution in [2.75, 3.05) is 13.7 Å². The van der Waals surface area contributed by atoms with Crippen LogP contribution >= 0.6 is 0 Å². The van der Waals surface area contributed by atoms with Gasteiger partial charge in [0.2, 0.25) is 5.75 Å². The Hall–Kier alpha value is -3.86. The summed E-state index contributed by atoms with van der Waals surface area (Å²) in [7, 11) is 1.24. The smallest absolute Gasteiger partial charge is 0.315 e. The third-order valence-corrected chi connectivity index (χ3v) is 3.71. The molecule has 0 aliphatic carbocycles. The first-order valence-corrected chi connectivity index (χ1v) is 7.95. The lowest BCUT2D eigenvalue weighted by atomic mass is 10.1. The molecule has 0 aliphatic rings. The Labute approximate surface area is 155 Å². The van der Waals surface area contributed by atoms with Gasteiger partial charge in [-0.2, -0.15) is 5.26 Å². The number of nitriles is 1. The van der Waals surface area contributed by atoms with Crippen LogP contribution in [0.4, 0.5) is 5.69 Å². The van der Waals surface area contributed by atoms with Crippen LogP contribution in [0.1, 0.15) is 11.1 Å². The summed E-state index contributed by atoms with van der Waals surface area (Å²) >= 11 is 0. The van der Waals surface area contributed by atoms with Crippen molar-refractivity contribution in [1.29, 1.82) is 5.26 Å². The topological polar surface area (TPSA) is 125 Å². The standard InChI is InChI=1S/C19H17N3O5/c1-27-17-11-14(10-16(18(17)23)22(25)26)9-15(12-20)19(24)21-8-7-13-5-3-2-4-6-13/h2-6,9-11,23H,7-8H2,1H3,(H,21,24)/b15-9+. The molecule has 2 aromatic carbocycles. The van der Waals surface area contributed by atoms with E-state index in [9.17, 15) is 25.3 Å². The number of methoxy groups -OCH3 is 1. The molecule has 8 nitrogen and oxygen atoms in total. The summed E-state index contributed by atoms with van der Waals surface area (Å²) < 4.78 is 4.90. The average Bonchev–Trinajstić information content (AvgIpc) is 2.67. The predicted molar refractivity (Wildman–Crippen MR) is 98.1 cm³/mol. The molecule has 0 heterocycles. The van der Waals surface area contributed by atoms with Crippen LogP contribution in [0.3, 0.4) is 0 Å². The Morgan fingerprint density at radius 3 is 2.67 bits per heavy atom. The van der Waals surface area contributed by atoms with Gasteiger partial charge >= 0.3 is 5.69 Å². The number of phenolic OH excluding ortho intramolecular Hbond substituents is 1. The maximum Gasteiger partial charge on any atom is 0.315 e. The molecule has 8 heteroatoms. The zero-order chi connectivity index (χ0) is 19.8. The van der Waals surface area contributed by atoms with Gasteiger partial charge in [-0.1, -0.05) is 30.3 Å². The Balaban J connectivity index is 2.17. The van der Waals surface area contributed by atoms with E-state index < -0.39 is 22.3 Å². The molecule has 0 aliphatic heterocycles. The molecule has 0 atom stereocenters. The summed E-state index contributed by atoms with van der Waals surface area (Å²) in [6, 6.07) is 13.7. The average molecular weight is 367 g/mol. The quantitative estimate of drug-likeness (QED) is 0.335. The fraction of sp³-hybridized carbons (Fsp3) is 0.158. The highest BCUT2D eigenvalue weighted by molar-refractivity contribution is 6.01. The van der Waals surface area contributed by atoms with Crippen LogP contribution in [0.2, 0.25) is 0 Å². The normalized spacial score (nSPS) is 10.7. The van der Waals surface area contributed by atoms with E-state index in [1.807, 2.05) is 30.3 Å². The number of ether oxygens (including phenoxy) is 1.